The number of pyridine rings is 1. The highest BCUT2D eigenvalue weighted by atomic mass is 35.5. The van der Waals surface area contributed by atoms with Crippen LogP contribution in [0.3, 0.4) is 0 Å². The van der Waals surface area contributed by atoms with E-state index >= 15 is 0 Å². The number of piperazine rings is 1. The Morgan fingerprint density at radius 3 is 2.65 bits per heavy atom. The monoisotopic (exact) mass is 648 g/mol. The third kappa shape index (κ3) is 6.95. The number of benzene rings is 1. The van der Waals surface area contributed by atoms with Crippen molar-refractivity contribution >= 4 is 35.2 Å². The van der Waals surface area contributed by atoms with Crippen LogP contribution in [-0.2, 0) is 16.1 Å². The van der Waals surface area contributed by atoms with E-state index in [1.165, 1.54) is 4.90 Å². The maximum absolute atomic E-state index is 13.6. The van der Waals surface area contributed by atoms with Gasteiger partial charge < -0.3 is 35.2 Å². The predicted octanol–water partition coefficient (Wildman–Crippen LogP) is 3.12. The Morgan fingerprint density at radius 2 is 1.91 bits per heavy atom. The van der Waals surface area contributed by atoms with Gasteiger partial charge in [-0.1, -0.05) is 36.7 Å². The molecule has 2 atom stereocenters. The molecule has 2 aromatic heterocycles. The number of aliphatic hydroxyl groups is 1. The van der Waals surface area contributed by atoms with Crippen molar-refractivity contribution in [1.29, 1.82) is 0 Å². The van der Waals surface area contributed by atoms with Gasteiger partial charge in [0.2, 0.25) is 11.9 Å². The molecule has 244 valence electrons. The molecule has 2 fully saturated rings. The molecule has 0 bridgehead atoms. The molecule has 0 aliphatic carbocycles. The first-order valence-corrected chi connectivity index (χ1v) is 16.4. The van der Waals surface area contributed by atoms with E-state index in [0.29, 0.717) is 53.2 Å². The van der Waals surface area contributed by atoms with Crippen LogP contribution < -0.4 is 15.5 Å². The molecule has 2 amide bonds. The molecule has 0 unspecified atom stereocenters. The van der Waals surface area contributed by atoms with Gasteiger partial charge >= 0.3 is 0 Å². The SMILES string of the molecule is CCN1CCN(c2cccc([C@@H](CO)NC(=O)[C@@H](C)N3Cc4ccc(-c5nc(NC6CCOCC6)ncc5Cl)cc4C3=O)n2)CC1. The van der Waals surface area contributed by atoms with E-state index in [4.69, 9.17) is 21.3 Å². The fourth-order valence-corrected chi connectivity index (χ4v) is 6.40. The molecule has 1 aromatic carbocycles. The number of aromatic nitrogens is 3. The number of rotatable bonds is 10. The lowest BCUT2D eigenvalue weighted by Gasteiger charge is -2.35. The van der Waals surface area contributed by atoms with Gasteiger partial charge in [0.15, 0.2) is 0 Å². The summed E-state index contributed by atoms with van der Waals surface area (Å²) in [6.07, 6.45) is 3.30. The second-order valence-electron chi connectivity index (χ2n) is 12.0. The molecule has 3 aliphatic heterocycles. The van der Waals surface area contributed by atoms with Gasteiger partial charge in [-0.15, -0.1) is 0 Å². The summed E-state index contributed by atoms with van der Waals surface area (Å²) >= 11 is 6.51. The zero-order valence-electron chi connectivity index (χ0n) is 26.3. The van der Waals surface area contributed by atoms with Gasteiger partial charge in [0.05, 0.1) is 35.3 Å². The van der Waals surface area contributed by atoms with E-state index in [0.717, 1.165) is 56.9 Å². The van der Waals surface area contributed by atoms with Crippen LogP contribution in [0.4, 0.5) is 11.8 Å². The van der Waals surface area contributed by atoms with Crippen molar-refractivity contribution in [3.8, 4) is 11.3 Å². The summed E-state index contributed by atoms with van der Waals surface area (Å²) in [5.74, 6) is 0.678. The van der Waals surface area contributed by atoms with Gasteiger partial charge in [-0.25, -0.2) is 15.0 Å². The number of likely N-dealkylation sites (N-methyl/N-ethyl adjacent to an activating group) is 1. The maximum Gasteiger partial charge on any atom is 0.255 e. The number of carbonyl (C=O) groups excluding carboxylic acids is 2. The first kappa shape index (κ1) is 32.1. The van der Waals surface area contributed by atoms with Crippen molar-refractivity contribution in [1.82, 2.24) is 30.1 Å². The minimum Gasteiger partial charge on any atom is -0.394 e. The number of halogens is 1. The van der Waals surface area contributed by atoms with Crippen molar-refractivity contribution < 1.29 is 19.4 Å². The number of hydrogen-bond donors (Lipinski definition) is 3. The van der Waals surface area contributed by atoms with Crippen molar-refractivity contribution in [2.45, 2.75) is 51.4 Å². The summed E-state index contributed by atoms with van der Waals surface area (Å²) < 4.78 is 5.44. The number of hydrogen-bond acceptors (Lipinski definition) is 10. The fourth-order valence-electron chi connectivity index (χ4n) is 6.20. The molecule has 2 saturated heterocycles. The Hall–Kier alpha value is -3.84. The molecule has 46 heavy (non-hydrogen) atoms. The van der Waals surface area contributed by atoms with E-state index < -0.39 is 12.1 Å². The molecule has 0 radical (unpaired) electrons. The lowest BCUT2D eigenvalue weighted by Crippen LogP contribution is -2.47. The smallest absolute Gasteiger partial charge is 0.255 e. The Bertz CT molecular complexity index is 1560. The van der Waals surface area contributed by atoms with E-state index in [-0.39, 0.29) is 24.5 Å². The van der Waals surface area contributed by atoms with Crippen molar-refractivity contribution in [3.05, 3.63) is 64.4 Å². The minimum atomic E-state index is -0.777. The Kier molecular flexibility index (Phi) is 9.98. The fraction of sp³-hybridized carbons (Fsp3) is 0.485. The number of ether oxygens (including phenoxy) is 1. The van der Waals surface area contributed by atoms with E-state index in [1.54, 1.807) is 25.3 Å². The highest BCUT2D eigenvalue weighted by Crippen LogP contribution is 2.32. The largest absolute Gasteiger partial charge is 0.394 e. The van der Waals surface area contributed by atoms with Gasteiger partial charge in [0.25, 0.3) is 5.91 Å². The minimum absolute atomic E-state index is 0.220. The summed E-state index contributed by atoms with van der Waals surface area (Å²) in [6, 6.07) is 9.93. The van der Waals surface area contributed by atoms with Crippen molar-refractivity contribution in [2.75, 3.05) is 62.8 Å². The van der Waals surface area contributed by atoms with Crippen LogP contribution in [0.25, 0.3) is 11.3 Å². The second kappa shape index (κ2) is 14.3. The predicted molar refractivity (Wildman–Crippen MR) is 176 cm³/mol. The van der Waals surface area contributed by atoms with Crippen LogP contribution in [0.1, 0.15) is 54.3 Å². The second-order valence-corrected chi connectivity index (χ2v) is 12.4. The van der Waals surface area contributed by atoms with Gasteiger partial charge in [0.1, 0.15) is 11.9 Å². The zero-order chi connectivity index (χ0) is 32.2. The maximum atomic E-state index is 13.6. The summed E-state index contributed by atoms with van der Waals surface area (Å²) in [7, 11) is 0. The molecule has 5 heterocycles. The van der Waals surface area contributed by atoms with Crippen LogP contribution in [0, 0.1) is 0 Å². The Labute approximate surface area is 274 Å². The van der Waals surface area contributed by atoms with E-state index in [1.807, 2.05) is 24.3 Å². The average molecular weight is 649 g/mol. The van der Waals surface area contributed by atoms with Gasteiger partial charge in [-0.05, 0) is 50.1 Å². The molecule has 0 saturated carbocycles. The lowest BCUT2D eigenvalue weighted by atomic mass is 10.0. The molecule has 12 nitrogen and oxygen atoms in total. The molecule has 3 N–H and O–H groups in total. The van der Waals surface area contributed by atoms with Crippen LogP contribution >= 0.6 is 11.6 Å². The molecule has 13 heteroatoms. The average Bonchev–Trinajstić information content (AvgIpc) is 3.43. The number of nitrogens with zero attached hydrogens (tertiary/aromatic N) is 6. The Morgan fingerprint density at radius 1 is 1.13 bits per heavy atom. The number of aliphatic hydroxyl groups excluding tert-OH is 1. The van der Waals surface area contributed by atoms with Gasteiger partial charge in [-0.3, -0.25) is 9.59 Å². The van der Waals surface area contributed by atoms with Crippen LogP contribution in [0.5, 0.6) is 0 Å². The first-order valence-electron chi connectivity index (χ1n) is 16.0. The molecule has 6 rings (SSSR count). The third-order valence-electron chi connectivity index (χ3n) is 9.12. The molecular formula is C33H41ClN8O4. The standard InChI is InChI=1S/C33H41ClN8O4/c1-3-40-11-13-41(14-12-40)29-6-4-5-27(37-29)28(20-43)38-31(44)21(2)42-19-23-8-7-22(17-25(23)32(42)45)30-26(34)18-35-33(39-30)36-24-9-15-46-16-10-24/h4-8,17-18,21,24,28,43H,3,9-16,19-20H2,1-2H3,(H,38,44)(H,35,36,39)/t21-,28-/m1/s1. The molecule has 0 spiro atoms. The topological polar surface area (TPSA) is 136 Å². The number of nitrogens with one attached hydrogen (secondary N) is 2. The summed E-state index contributed by atoms with van der Waals surface area (Å²) in [6.45, 7) is 9.91. The van der Waals surface area contributed by atoms with Crippen LogP contribution in [-0.4, -0.2) is 106 Å². The van der Waals surface area contributed by atoms with E-state index in [2.05, 4.69) is 37.3 Å². The van der Waals surface area contributed by atoms with Crippen molar-refractivity contribution in [3.63, 3.8) is 0 Å². The van der Waals surface area contributed by atoms with E-state index in [9.17, 15) is 14.7 Å². The van der Waals surface area contributed by atoms with Crippen LogP contribution in [0.15, 0.2) is 42.6 Å². The highest BCUT2D eigenvalue weighted by Gasteiger charge is 2.35. The number of fused-ring (bicyclic) bond motifs is 1. The van der Waals surface area contributed by atoms with Crippen LogP contribution in [0.2, 0.25) is 5.02 Å². The first-order chi connectivity index (χ1) is 22.3. The molecule has 3 aliphatic rings. The summed E-state index contributed by atoms with van der Waals surface area (Å²) in [5, 5.41) is 16.9. The number of amides is 2. The lowest BCUT2D eigenvalue weighted by molar-refractivity contribution is -0.126. The highest BCUT2D eigenvalue weighted by molar-refractivity contribution is 6.33. The quantitative estimate of drug-likeness (QED) is 0.301. The number of anilines is 2. The van der Waals surface area contributed by atoms with Gasteiger partial charge in [-0.2, -0.15) is 0 Å². The zero-order valence-corrected chi connectivity index (χ0v) is 27.0. The normalized spacial score (nSPS) is 18.7. The third-order valence-corrected chi connectivity index (χ3v) is 9.39. The molecule has 3 aromatic rings. The summed E-state index contributed by atoms with van der Waals surface area (Å²) in [5.41, 5.74) is 3.11. The Balaban J connectivity index is 1.12. The summed E-state index contributed by atoms with van der Waals surface area (Å²) in [4.78, 5) is 47.0. The van der Waals surface area contributed by atoms with Crippen molar-refractivity contribution in [2.24, 2.45) is 0 Å². The number of carbonyl (C=O) groups is 2. The van der Waals surface area contributed by atoms with Gasteiger partial charge in [0, 0.05) is 63.1 Å². The molecular weight excluding hydrogens is 608 g/mol.